The van der Waals surface area contributed by atoms with Crippen LogP contribution in [0.1, 0.15) is 18.2 Å². The van der Waals surface area contributed by atoms with E-state index in [1.54, 1.807) is 18.3 Å². The Hall–Kier alpha value is -1.79. The molecule has 1 aromatic carbocycles. The Morgan fingerprint density at radius 1 is 1.24 bits per heavy atom. The summed E-state index contributed by atoms with van der Waals surface area (Å²) in [6.45, 7) is 5.38. The van der Waals surface area contributed by atoms with Gasteiger partial charge in [-0.25, -0.2) is 8.42 Å². The van der Waals surface area contributed by atoms with Crippen molar-refractivity contribution in [2.75, 3.05) is 11.3 Å². The molecule has 21 heavy (non-hydrogen) atoms. The molecule has 5 nitrogen and oxygen atoms in total. The van der Waals surface area contributed by atoms with E-state index in [-0.39, 0.29) is 4.90 Å². The molecule has 0 aliphatic rings. The van der Waals surface area contributed by atoms with Gasteiger partial charge in [0.05, 0.1) is 5.69 Å². The maximum Gasteiger partial charge on any atom is 0.263 e. The van der Waals surface area contributed by atoms with Crippen molar-refractivity contribution in [1.82, 2.24) is 9.88 Å². The fourth-order valence-electron chi connectivity index (χ4n) is 2.04. The fraction of sp³-hybridized carbons (Fsp3) is 0.333. The minimum Gasteiger partial charge on any atom is -0.352 e. The number of nitrogens with one attached hydrogen (secondary N) is 2. The summed E-state index contributed by atoms with van der Waals surface area (Å²) in [5.74, 6) is 0. The lowest BCUT2D eigenvalue weighted by Crippen LogP contribution is -2.14. The Morgan fingerprint density at radius 3 is 2.62 bits per heavy atom. The summed E-state index contributed by atoms with van der Waals surface area (Å²) >= 11 is 0. The van der Waals surface area contributed by atoms with Crippen LogP contribution in [0.3, 0.4) is 0 Å². The third kappa shape index (κ3) is 3.65. The van der Waals surface area contributed by atoms with Gasteiger partial charge in [0.2, 0.25) is 0 Å². The fourth-order valence-corrected chi connectivity index (χ4v) is 3.27. The summed E-state index contributed by atoms with van der Waals surface area (Å²) in [7, 11) is -1.71. The number of rotatable bonds is 6. The van der Waals surface area contributed by atoms with Crippen LogP contribution in [0.4, 0.5) is 5.69 Å². The first-order valence-corrected chi connectivity index (χ1v) is 8.36. The number of anilines is 1. The maximum atomic E-state index is 12.4. The maximum absolute atomic E-state index is 12.4. The predicted molar refractivity (Wildman–Crippen MR) is 84.8 cm³/mol. The van der Waals surface area contributed by atoms with Gasteiger partial charge in [-0.1, -0.05) is 25.1 Å². The number of para-hydroxylation sites is 1. The van der Waals surface area contributed by atoms with Crippen molar-refractivity contribution in [3.8, 4) is 0 Å². The lowest BCUT2D eigenvalue weighted by molar-refractivity contribution is 0.601. The quantitative estimate of drug-likeness (QED) is 0.860. The van der Waals surface area contributed by atoms with E-state index in [0.717, 1.165) is 17.8 Å². The number of benzene rings is 1. The molecule has 1 aromatic heterocycles. The Morgan fingerprint density at radius 2 is 1.95 bits per heavy atom. The smallest absolute Gasteiger partial charge is 0.263 e. The molecule has 0 saturated heterocycles. The van der Waals surface area contributed by atoms with Crippen LogP contribution in [0.2, 0.25) is 0 Å². The van der Waals surface area contributed by atoms with E-state index < -0.39 is 10.0 Å². The summed E-state index contributed by atoms with van der Waals surface area (Å²) in [6, 6.07) is 9.02. The molecule has 0 spiro atoms. The summed E-state index contributed by atoms with van der Waals surface area (Å²) < 4.78 is 29.4. The molecule has 0 aliphatic heterocycles. The van der Waals surface area contributed by atoms with Gasteiger partial charge in [-0.2, -0.15) is 0 Å². The number of hydrogen-bond acceptors (Lipinski definition) is 3. The second-order valence-electron chi connectivity index (χ2n) is 4.98. The molecule has 2 N–H and O–H groups in total. The third-order valence-electron chi connectivity index (χ3n) is 3.34. The normalized spacial score (nSPS) is 11.6. The lowest BCUT2D eigenvalue weighted by atomic mass is 10.2. The topological polar surface area (TPSA) is 63.1 Å². The van der Waals surface area contributed by atoms with E-state index in [9.17, 15) is 8.42 Å². The molecule has 0 fully saturated rings. The highest BCUT2D eigenvalue weighted by molar-refractivity contribution is 7.92. The van der Waals surface area contributed by atoms with Crippen LogP contribution in [0.25, 0.3) is 0 Å². The van der Waals surface area contributed by atoms with Gasteiger partial charge in [-0.15, -0.1) is 0 Å². The SMILES string of the molecule is CCNCc1cc(S(=O)(=O)Nc2ccccc2C)cn1C. The van der Waals surface area contributed by atoms with E-state index in [2.05, 4.69) is 10.0 Å². The monoisotopic (exact) mass is 307 g/mol. The van der Waals surface area contributed by atoms with E-state index in [1.165, 1.54) is 0 Å². The first kappa shape index (κ1) is 15.6. The van der Waals surface area contributed by atoms with Crippen LogP contribution in [-0.2, 0) is 23.6 Å². The minimum absolute atomic E-state index is 0.279. The molecule has 0 bridgehead atoms. The number of hydrogen-bond donors (Lipinski definition) is 2. The molecule has 0 saturated carbocycles. The predicted octanol–water partition coefficient (Wildman–Crippen LogP) is 2.24. The number of aromatic nitrogens is 1. The zero-order valence-electron chi connectivity index (χ0n) is 12.6. The average molecular weight is 307 g/mol. The summed E-state index contributed by atoms with van der Waals surface area (Å²) in [5.41, 5.74) is 2.43. The van der Waals surface area contributed by atoms with Gasteiger partial charge in [0.1, 0.15) is 4.90 Å². The first-order chi connectivity index (χ1) is 9.94. The molecule has 2 aromatic rings. The molecular formula is C15H21N3O2S. The number of aryl methyl sites for hydroxylation is 2. The molecule has 114 valence electrons. The van der Waals surface area contributed by atoms with Crippen LogP contribution in [0.5, 0.6) is 0 Å². The number of sulfonamides is 1. The molecule has 2 rings (SSSR count). The van der Waals surface area contributed by atoms with Crippen LogP contribution in [-0.4, -0.2) is 19.5 Å². The van der Waals surface area contributed by atoms with Crippen molar-refractivity contribution in [1.29, 1.82) is 0 Å². The number of nitrogens with zero attached hydrogens (tertiary/aromatic N) is 1. The van der Waals surface area contributed by atoms with Crippen LogP contribution < -0.4 is 10.0 Å². The van der Waals surface area contributed by atoms with E-state index in [4.69, 9.17) is 0 Å². The molecule has 6 heteroatoms. The molecule has 0 aliphatic carbocycles. The highest BCUT2D eigenvalue weighted by Crippen LogP contribution is 2.20. The molecular weight excluding hydrogens is 286 g/mol. The Labute approximate surface area is 126 Å². The zero-order valence-corrected chi connectivity index (χ0v) is 13.4. The molecule has 0 amide bonds. The van der Waals surface area contributed by atoms with Crippen molar-refractivity contribution in [2.45, 2.75) is 25.3 Å². The average Bonchev–Trinajstić information content (AvgIpc) is 2.81. The molecule has 0 unspecified atom stereocenters. The Kier molecular flexibility index (Phi) is 4.69. The highest BCUT2D eigenvalue weighted by Gasteiger charge is 2.18. The van der Waals surface area contributed by atoms with Gasteiger partial charge in [-0.3, -0.25) is 4.72 Å². The van der Waals surface area contributed by atoms with Gasteiger partial charge in [0.15, 0.2) is 0 Å². The van der Waals surface area contributed by atoms with Crippen LogP contribution >= 0.6 is 0 Å². The highest BCUT2D eigenvalue weighted by atomic mass is 32.2. The van der Waals surface area contributed by atoms with Gasteiger partial charge in [-0.05, 0) is 31.2 Å². The largest absolute Gasteiger partial charge is 0.352 e. The van der Waals surface area contributed by atoms with Gasteiger partial charge in [0.25, 0.3) is 10.0 Å². The van der Waals surface area contributed by atoms with Crippen molar-refractivity contribution >= 4 is 15.7 Å². The van der Waals surface area contributed by atoms with E-state index in [1.807, 2.05) is 43.7 Å². The minimum atomic E-state index is -3.56. The van der Waals surface area contributed by atoms with Crippen molar-refractivity contribution in [3.63, 3.8) is 0 Å². The summed E-state index contributed by atoms with van der Waals surface area (Å²) in [4.78, 5) is 0.279. The molecule has 0 radical (unpaired) electrons. The van der Waals surface area contributed by atoms with E-state index >= 15 is 0 Å². The molecule has 1 heterocycles. The first-order valence-electron chi connectivity index (χ1n) is 6.88. The summed E-state index contributed by atoms with van der Waals surface area (Å²) in [5, 5.41) is 3.19. The Balaban J connectivity index is 2.26. The van der Waals surface area contributed by atoms with Crippen molar-refractivity contribution in [3.05, 3.63) is 47.8 Å². The lowest BCUT2D eigenvalue weighted by Gasteiger charge is -2.08. The second kappa shape index (κ2) is 6.32. The zero-order chi connectivity index (χ0) is 15.5. The van der Waals surface area contributed by atoms with Crippen molar-refractivity contribution < 1.29 is 8.42 Å². The molecule has 0 atom stereocenters. The second-order valence-corrected chi connectivity index (χ2v) is 6.66. The van der Waals surface area contributed by atoms with Crippen LogP contribution in [0, 0.1) is 6.92 Å². The van der Waals surface area contributed by atoms with Crippen LogP contribution in [0.15, 0.2) is 41.4 Å². The van der Waals surface area contributed by atoms with Gasteiger partial charge >= 0.3 is 0 Å². The van der Waals surface area contributed by atoms with Gasteiger partial charge < -0.3 is 9.88 Å². The third-order valence-corrected chi connectivity index (χ3v) is 4.67. The summed E-state index contributed by atoms with van der Waals surface area (Å²) in [6.07, 6.45) is 1.63. The van der Waals surface area contributed by atoms with Crippen molar-refractivity contribution in [2.24, 2.45) is 7.05 Å². The standard InChI is InChI=1S/C15H21N3O2S/c1-4-16-10-13-9-14(11-18(13)3)21(19,20)17-15-8-6-5-7-12(15)2/h5-9,11,16-17H,4,10H2,1-3H3. The van der Waals surface area contributed by atoms with Gasteiger partial charge in [0, 0.05) is 25.5 Å². The van der Waals surface area contributed by atoms with E-state index in [0.29, 0.717) is 12.2 Å². The Bertz CT molecular complexity index is 720.